The van der Waals surface area contributed by atoms with Gasteiger partial charge in [-0.3, -0.25) is 14.5 Å². The molecule has 7 nitrogen and oxygen atoms in total. The minimum atomic E-state index is -0.609. The number of nitrogens with zero attached hydrogens (tertiary/aromatic N) is 3. The Kier molecular flexibility index (Phi) is 6.46. The first-order valence-electron chi connectivity index (χ1n) is 10.6. The van der Waals surface area contributed by atoms with E-state index in [1.165, 1.54) is 4.68 Å². The van der Waals surface area contributed by atoms with E-state index in [0.29, 0.717) is 18.4 Å². The molecule has 1 N–H and O–H groups in total. The summed E-state index contributed by atoms with van der Waals surface area (Å²) in [6.45, 7) is 8.78. The van der Waals surface area contributed by atoms with Crippen LogP contribution in [-0.2, 0) is 9.53 Å². The fraction of sp³-hybridized carbons (Fsp3) is 0.500. The number of aromatic nitrogens is 2. The summed E-state index contributed by atoms with van der Waals surface area (Å²) in [5.74, 6) is -0.146. The second-order valence-electron chi connectivity index (χ2n) is 7.66. The zero-order chi connectivity index (χ0) is 21.1. The zero-order valence-corrected chi connectivity index (χ0v) is 18.3. The van der Waals surface area contributed by atoms with Crippen molar-refractivity contribution in [1.82, 2.24) is 20.0 Å². The van der Waals surface area contributed by atoms with Crippen LogP contribution >= 0.6 is 11.3 Å². The number of nitrogens with one attached hydrogen (secondary N) is 1. The van der Waals surface area contributed by atoms with E-state index in [2.05, 4.69) is 15.3 Å². The highest BCUT2D eigenvalue weighted by molar-refractivity contribution is 7.26. The van der Waals surface area contributed by atoms with Crippen molar-refractivity contribution in [1.29, 1.82) is 0 Å². The first-order valence-corrected chi connectivity index (χ1v) is 11.4. The second kappa shape index (κ2) is 9.24. The van der Waals surface area contributed by atoms with Gasteiger partial charge in [-0.1, -0.05) is 25.1 Å². The zero-order valence-electron chi connectivity index (χ0n) is 17.5. The molecule has 4 rings (SSSR count). The number of carbonyl (C=O) groups is 1. The van der Waals surface area contributed by atoms with Gasteiger partial charge in [0.15, 0.2) is 0 Å². The number of morpholine rings is 1. The highest BCUT2D eigenvalue weighted by Gasteiger charge is 2.24. The summed E-state index contributed by atoms with van der Waals surface area (Å²) in [4.78, 5) is 28.5. The van der Waals surface area contributed by atoms with E-state index in [1.807, 2.05) is 38.1 Å². The van der Waals surface area contributed by atoms with Crippen molar-refractivity contribution in [2.24, 2.45) is 0 Å². The first kappa shape index (κ1) is 21.0. The fourth-order valence-electron chi connectivity index (χ4n) is 4.02. The van der Waals surface area contributed by atoms with Gasteiger partial charge in [-0.2, -0.15) is 5.10 Å². The highest BCUT2D eigenvalue weighted by atomic mass is 32.1. The van der Waals surface area contributed by atoms with Gasteiger partial charge in [0.05, 0.1) is 29.0 Å². The molecule has 1 aliphatic rings. The number of hydrogen-bond donors (Lipinski definition) is 1. The third-order valence-electron chi connectivity index (χ3n) is 5.64. The van der Waals surface area contributed by atoms with Crippen LogP contribution in [0, 0.1) is 6.92 Å². The van der Waals surface area contributed by atoms with E-state index in [1.54, 1.807) is 11.3 Å². The van der Waals surface area contributed by atoms with E-state index < -0.39 is 6.04 Å². The molecule has 160 valence electrons. The normalized spacial score (nSPS) is 16.2. The molecule has 0 radical (unpaired) electrons. The van der Waals surface area contributed by atoms with Crippen molar-refractivity contribution in [3.8, 4) is 0 Å². The monoisotopic (exact) mass is 428 g/mol. The van der Waals surface area contributed by atoms with Gasteiger partial charge in [-0.25, -0.2) is 4.68 Å². The maximum Gasteiger partial charge on any atom is 0.276 e. The van der Waals surface area contributed by atoms with Crippen LogP contribution in [0.4, 0.5) is 0 Å². The largest absolute Gasteiger partial charge is 0.379 e. The second-order valence-corrected chi connectivity index (χ2v) is 8.71. The molecule has 1 fully saturated rings. The molecule has 2 aromatic heterocycles. The van der Waals surface area contributed by atoms with Gasteiger partial charge in [-0.05, 0) is 32.4 Å². The highest BCUT2D eigenvalue weighted by Crippen LogP contribution is 2.33. The molecule has 30 heavy (non-hydrogen) atoms. The van der Waals surface area contributed by atoms with Crippen molar-refractivity contribution in [3.63, 3.8) is 0 Å². The Balaban J connectivity index is 1.52. The fourth-order valence-corrected chi connectivity index (χ4v) is 5.15. The third kappa shape index (κ3) is 4.12. The summed E-state index contributed by atoms with van der Waals surface area (Å²) in [5, 5.41) is 9.13. The number of amides is 1. The van der Waals surface area contributed by atoms with Crippen LogP contribution in [0.25, 0.3) is 20.2 Å². The van der Waals surface area contributed by atoms with Gasteiger partial charge < -0.3 is 10.1 Å². The molecule has 0 saturated carbocycles. The number of aryl methyl sites for hydroxylation is 1. The average molecular weight is 429 g/mol. The molecular weight excluding hydrogens is 400 g/mol. The number of carbonyl (C=O) groups excluding carboxylic acids is 1. The van der Waals surface area contributed by atoms with Crippen molar-refractivity contribution in [2.75, 3.05) is 39.4 Å². The SMILES string of the molecule is CC[C@@H](C(=O)NCCCN1CCOCC1)n1nc(C)c2sc3ccccc3c2c1=O. The maximum absolute atomic E-state index is 13.3. The molecule has 1 aliphatic heterocycles. The van der Waals surface area contributed by atoms with Crippen LogP contribution in [0.1, 0.15) is 31.5 Å². The molecule has 0 unspecified atom stereocenters. The number of benzene rings is 1. The maximum atomic E-state index is 13.3. The number of rotatable bonds is 7. The van der Waals surface area contributed by atoms with Crippen LogP contribution in [0.5, 0.6) is 0 Å². The van der Waals surface area contributed by atoms with E-state index in [9.17, 15) is 9.59 Å². The van der Waals surface area contributed by atoms with Gasteiger partial charge in [0.2, 0.25) is 5.91 Å². The lowest BCUT2D eigenvalue weighted by Crippen LogP contribution is -2.40. The summed E-state index contributed by atoms with van der Waals surface area (Å²) in [6, 6.07) is 7.28. The predicted octanol–water partition coefficient (Wildman–Crippen LogP) is 2.71. The number of hydrogen-bond acceptors (Lipinski definition) is 6. The smallest absolute Gasteiger partial charge is 0.276 e. The lowest BCUT2D eigenvalue weighted by molar-refractivity contribution is -0.124. The van der Waals surface area contributed by atoms with E-state index >= 15 is 0 Å². The van der Waals surface area contributed by atoms with Crippen LogP contribution in [0.15, 0.2) is 29.1 Å². The molecule has 1 atom stereocenters. The van der Waals surface area contributed by atoms with Crippen molar-refractivity contribution in [2.45, 2.75) is 32.7 Å². The molecule has 3 heterocycles. The van der Waals surface area contributed by atoms with Crippen LogP contribution < -0.4 is 10.9 Å². The summed E-state index contributed by atoms with van der Waals surface area (Å²) < 4.78 is 8.71. The standard InChI is InChI=1S/C22H28N4O3S/c1-3-17(21(27)23-9-6-10-25-11-13-29-14-12-25)26-22(28)19-16-7-4-5-8-18(16)30-20(19)15(2)24-26/h4-5,7-8,17H,3,6,9-14H2,1-2H3,(H,23,27)/t17-/m0/s1. The summed E-state index contributed by atoms with van der Waals surface area (Å²) in [5.41, 5.74) is 0.590. The predicted molar refractivity (Wildman–Crippen MR) is 120 cm³/mol. The lowest BCUT2D eigenvalue weighted by atomic mass is 10.1. The Labute approximate surface area is 179 Å². The molecule has 0 bridgehead atoms. The van der Waals surface area contributed by atoms with Gasteiger partial charge in [-0.15, -0.1) is 11.3 Å². The Morgan fingerprint density at radius 2 is 2.07 bits per heavy atom. The first-order chi connectivity index (χ1) is 14.6. The summed E-state index contributed by atoms with van der Waals surface area (Å²) in [6.07, 6.45) is 1.38. The third-order valence-corrected chi connectivity index (χ3v) is 6.92. The van der Waals surface area contributed by atoms with E-state index in [-0.39, 0.29) is 11.5 Å². The molecule has 0 spiro atoms. The van der Waals surface area contributed by atoms with E-state index in [0.717, 1.165) is 59.7 Å². The Morgan fingerprint density at radius 3 is 2.83 bits per heavy atom. The quantitative estimate of drug-likeness (QED) is 0.586. The number of ether oxygens (including phenoxy) is 1. The summed E-state index contributed by atoms with van der Waals surface area (Å²) >= 11 is 1.58. The van der Waals surface area contributed by atoms with Gasteiger partial charge in [0.1, 0.15) is 6.04 Å². The van der Waals surface area contributed by atoms with Crippen molar-refractivity contribution in [3.05, 3.63) is 40.3 Å². The van der Waals surface area contributed by atoms with Crippen molar-refractivity contribution >= 4 is 37.4 Å². The van der Waals surface area contributed by atoms with Crippen LogP contribution in [0.3, 0.4) is 0 Å². The Morgan fingerprint density at radius 1 is 1.30 bits per heavy atom. The molecular formula is C22H28N4O3S. The van der Waals surface area contributed by atoms with E-state index in [4.69, 9.17) is 4.74 Å². The minimum absolute atomic E-state index is 0.146. The molecule has 8 heteroatoms. The van der Waals surface area contributed by atoms with Gasteiger partial charge in [0.25, 0.3) is 5.56 Å². The summed E-state index contributed by atoms with van der Waals surface area (Å²) in [7, 11) is 0. The van der Waals surface area contributed by atoms with Gasteiger partial charge in [0, 0.05) is 29.7 Å². The molecule has 1 amide bonds. The van der Waals surface area contributed by atoms with Gasteiger partial charge >= 0.3 is 0 Å². The van der Waals surface area contributed by atoms with Crippen LogP contribution in [0.2, 0.25) is 0 Å². The molecule has 1 aromatic carbocycles. The Bertz CT molecular complexity index is 1100. The number of fused-ring (bicyclic) bond motifs is 3. The minimum Gasteiger partial charge on any atom is -0.379 e. The molecule has 0 aliphatic carbocycles. The topological polar surface area (TPSA) is 76.5 Å². The number of thiophene rings is 1. The lowest BCUT2D eigenvalue weighted by Gasteiger charge is -2.26. The molecule has 3 aromatic rings. The molecule has 1 saturated heterocycles. The average Bonchev–Trinajstić information content (AvgIpc) is 3.16. The van der Waals surface area contributed by atoms with Crippen molar-refractivity contribution < 1.29 is 9.53 Å². The Hall–Kier alpha value is -2.29. The van der Waals surface area contributed by atoms with Crippen LogP contribution in [-0.4, -0.2) is 60.0 Å².